The first kappa shape index (κ1) is 20.0. The number of anilines is 1. The summed E-state index contributed by atoms with van der Waals surface area (Å²) in [6.45, 7) is 4.09. The largest absolute Gasteiger partial charge is 0.480 e. The van der Waals surface area contributed by atoms with Crippen LogP contribution in [-0.2, 0) is 17.6 Å². The van der Waals surface area contributed by atoms with Crippen LogP contribution in [0.25, 0.3) is 10.2 Å². The molecule has 0 spiro atoms. The van der Waals surface area contributed by atoms with E-state index in [1.165, 1.54) is 0 Å². The lowest BCUT2D eigenvalue weighted by molar-refractivity contribution is -0.137. The molecule has 1 unspecified atom stereocenters. The first-order chi connectivity index (χ1) is 14.5. The Morgan fingerprint density at radius 2 is 1.63 bits per heavy atom. The second-order valence-electron chi connectivity index (χ2n) is 7.34. The number of hydrogen-bond acceptors (Lipinski definition) is 5. The lowest BCUT2D eigenvalue weighted by Crippen LogP contribution is -2.32. The average Bonchev–Trinajstić information content (AvgIpc) is 3.02. The number of hydrogen-bond donors (Lipinski definition) is 2. The van der Waals surface area contributed by atoms with Gasteiger partial charge in [-0.1, -0.05) is 60.7 Å². The summed E-state index contributed by atoms with van der Waals surface area (Å²) in [7, 11) is 0. The van der Waals surface area contributed by atoms with Crippen LogP contribution in [0.1, 0.15) is 27.4 Å². The van der Waals surface area contributed by atoms with Gasteiger partial charge in [-0.15, -0.1) is 11.3 Å². The molecule has 6 heteroatoms. The van der Waals surface area contributed by atoms with Gasteiger partial charge >= 0.3 is 5.97 Å². The SMILES string of the molecule is Cc1sc2nc(Cc3ccccc3)nc(NC(Cc3ccccc3)C(=O)O)c2c1C. The Morgan fingerprint density at radius 1 is 1.00 bits per heavy atom. The highest BCUT2D eigenvalue weighted by atomic mass is 32.1. The van der Waals surface area contributed by atoms with Gasteiger partial charge in [-0.05, 0) is 30.5 Å². The third-order valence-electron chi connectivity index (χ3n) is 5.17. The number of nitrogens with one attached hydrogen (secondary N) is 1. The van der Waals surface area contributed by atoms with Crippen LogP contribution in [0, 0.1) is 13.8 Å². The van der Waals surface area contributed by atoms with E-state index < -0.39 is 12.0 Å². The molecule has 0 amide bonds. The van der Waals surface area contributed by atoms with E-state index >= 15 is 0 Å². The minimum Gasteiger partial charge on any atom is -0.480 e. The van der Waals surface area contributed by atoms with Crippen LogP contribution in [0.4, 0.5) is 5.82 Å². The molecule has 30 heavy (non-hydrogen) atoms. The number of carboxylic acid groups (broad SMARTS) is 1. The van der Waals surface area contributed by atoms with Gasteiger partial charge in [0, 0.05) is 17.7 Å². The fourth-order valence-electron chi connectivity index (χ4n) is 3.47. The molecule has 0 radical (unpaired) electrons. The molecule has 4 rings (SSSR count). The molecule has 0 saturated carbocycles. The Morgan fingerprint density at radius 3 is 2.27 bits per heavy atom. The van der Waals surface area contributed by atoms with Gasteiger partial charge in [-0.3, -0.25) is 0 Å². The number of aryl methyl sites for hydroxylation is 2. The van der Waals surface area contributed by atoms with Gasteiger partial charge in [-0.25, -0.2) is 14.8 Å². The van der Waals surface area contributed by atoms with Gasteiger partial charge in [0.05, 0.1) is 5.39 Å². The molecule has 0 saturated heterocycles. The highest BCUT2D eigenvalue weighted by molar-refractivity contribution is 7.18. The molecule has 0 bridgehead atoms. The zero-order chi connectivity index (χ0) is 21.1. The van der Waals surface area contributed by atoms with Gasteiger partial charge in [0.2, 0.25) is 0 Å². The molecule has 152 valence electrons. The summed E-state index contributed by atoms with van der Waals surface area (Å²) in [6, 6.07) is 18.9. The molecule has 0 aliphatic heterocycles. The van der Waals surface area contributed by atoms with E-state index in [2.05, 4.69) is 12.2 Å². The van der Waals surface area contributed by atoms with Crippen molar-refractivity contribution in [2.24, 2.45) is 0 Å². The second kappa shape index (κ2) is 8.63. The van der Waals surface area contributed by atoms with Crippen LogP contribution < -0.4 is 5.32 Å². The third-order valence-corrected chi connectivity index (χ3v) is 6.27. The lowest BCUT2D eigenvalue weighted by atomic mass is 10.1. The first-order valence-corrected chi connectivity index (χ1v) is 10.7. The Labute approximate surface area is 179 Å². The zero-order valence-electron chi connectivity index (χ0n) is 16.9. The molecule has 5 nitrogen and oxygen atoms in total. The first-order valence-electron chi connectivity index (χ1n) is 9.85. The van der Waals surface area contributed by atoms with Crippen molar-refractivity contribution in [3.8, 4) is 0 Å². The van der Waals surface area contributed by atoms with Crippen LogP contribution in [0.2, 0.25) is 0 Å². The van der Waals surface area contributed by atoms with Gasteiger partial charge in [0.1, 0.15) is 22.5 Å². The minimum atomic E-state index is -0.903. The predicted octanol–water partition coefficient (Wildman–Crippen LogP) is 5.01. The maximum Gasteiger partial charge on any atom is 0.326 e. The molecular weight excluding hydrogens is 394 g/mol. The van der Waals surface area contributed by atoms with E-state index in [1.807, 2.05) is 67.6 Å². The molecule has 0 fully saturated rings. The summed E-state index contributed by atoms with van der Waals surface area (Å²) in [5.41, 5.74) is 3.17. The van der Waals surface area contributed by atoms with Gasteiger partial charge in [0.25, 0.3) is 0 Å². The Balaban J connectivity index is 1.72. The smallest absolute Gasteiger partial charge is 0.326 e. The lowest BCUT2D eigenvalue weighted by Gasteiger charge is -2.17. The van der Waals surface area contributed by atoms with Crippen LogP contribution in [0.15, 0.2) is 60.7 Å². The number of aliphatic carboxylic acids is 1. The molecule has 2 aromatic heterocycles. The van der Waals surface area contributed by atoms with Gasteiger partial charge < -0.3 is 10.4 Å². The van der Waals surface area contributed by atoms with Crippen molar-refractivity contribution in [1.29, 1.82) is 0 Å². The highest BCUT2D eigenvalue weighted by Crippen LogP contribution is 2.34. The molecule has 0 aliphatic carbocycles. The zero-order valence-corrected chi connectivity index (χ0v) is 17.7. The highest BCUT2D eigenvalue weighted by Gasteiger charge is 2.22. The fraction of sp³-hybridized carbons (Fsp3) is 0.208. The molecule has 1 atom stereocenters. The fourth-order valence-corrected chi connectivity index (χ4v) is 4.52. The Hall–Kier alpha value is -3.25. The maximum absolute atomic E-state index is 12.0. The maximum atomic E-state index is 12.0. The van der Waals surface area contributed by atoms with Crippen molar-refractivity contribution in [3.63, 3.8) is 0 Å². The van der Waals surface area contributed by atoms with E-state index in [0.717, 1.165) is 31.8 Å². The third kappa shape index (κ3) is 4.33. The molecule has 0 aliphatic rings. The Bertz CT molecular complexity index is 1170. The van der Waals surface area contributed by atoms with E-state index in [-0.39, 0.29) is 0 Å². The summed E-state index contributed by atoms with van der Waals surface area (Å²) in [5, 5.41) is 14.0. The summed E-state index contributed by atoms with van der Waals surface area (Å²) < 4.78 is 0. The van der Waals surface area contributed by atoms with Crippen molar-refractivity contribution < 1.29 is 9.90 Å². The van der Waals surface area contributed by atoms with Crippen molar-refractivity contribution in [2.75, 3.05) is 5.32 Å². The van der Waals surface area contributed by atoms with E-state index in [9.17, 15) is 9.90 Å². The molecule has 2 aromatic carbocycles. The number of carbonyl (C=O) groups is 1. The number of nitrogens with zero attached hydrogens (tertiary/aromatic N) is 2. The molecule has 2 N–H and O–H groups in total. The number of fused-ring (bicyclic) bond motifs is 1. The number of carboxylic acids is 1. The topological polar surface area (TPSA) is 75.1 Å². The predicted molar refractivity (Wildman–Crippen MR) is 121 cm³/mol. The van der Waals surface area contributed by atoms with Crippen LogP contribution in [0.5, 0.6) is 0 Å². The van der Waals surface area contributed by atoms with Crippen LogP contribution >= 0.6 is 11.3 Å². The van der Waals surface area contributed by atoms with Gasteiger partial charge in [0.15, 0.2) is 0 Å². The monoisotopic (exact) mass is 417 g/mol. The van der Waals surface area contributed by atoms with Crippen molar-refractivity contribution in [3.05, 3.63) is 88.1 Å². The summed E-state index contributed by atoms with van der Waals surface area (Å²) >= 11 is 1.62. The van der Waals surface area contributed by atoms with E-state index in [1.54, 1.807) is 11.3 Å². The van der Waals surface area contributed by atoms with E-state index in [4.69, 9.17) is 9.97 Å². The summed E-state index contributed by atoms with van der Waals surface area (Å²) in [6.07, 6.45) is 0.968. The van der Waals surface area contributed by atoms with Crippen molar-refractivity contribution in [2.45, 2.75) is 32.7 Å². The number of aromatic nitrogens is 2. The minimum absolute atomic E-state index is 0.373. The van der Waals surface area contributed by atoms with Crippen molar-refractivity contribution >= 4 is 33.3 Å². The summed E-state index contributed by atoms with van der Waals surface area (Å²) in [5.74, 6) is 0.372. The van der Waals surface area contributed by atoms with Gasteiger partial charge in [-0.2, -0.15) is 0 Å². The Kier molecular flexibility index (Phi) is 5.77. The number of rotatable bonds is 7. The average molecular weight is 418 g/mol. The molecule has 4 aromatic rings. The molecular formula is C24H23N3O2S. The quantitative estimate of drug-likeness (QED) is 0.442. The number of thiophene rings is 1. The normalized spacial score (nSPS) is 12.1. The standard InChI is InChI=1S/C24H23N3O2S/c1-15-16(2)30-23-21(15)22(26-20(27-23)14-18-11-7-4-8-12-18)25-19(24(28)29)13-17-9-5-3-6-10-17/h3-12,19H,13-14H2,1-2H3,(H,28,29)(H,25,26,27). The summed E-state index contributed by atoms with van der Waals surface area (Å²) in [4.78, 5) is 23.6. The number of benzene rings is 2. The van der Waals surface area contributed by atoms with Crippen LogP contribution in [-0.4, -0.2) is 27.1 Å². The van der Waals surface area contributed by atoms with Crippen LogP contribution in [0.3, 0.4) is 0 Å². The van der Waals surface area contributed by atoms with E-state index in [0.29, 0.717) is 24.5 Å². The van der Waals surface area contributed by atoms with Crippen molar-refractivity contribution in [1.82, 2.24) is 9.97 Å². The second-order valence-corrected chi connectivity index (χ2v) is 8.54. The molecule has 2 heterocycles.